The molecule has 0 saturated heterocycles. The zero-order valence-corrected chi connectivity index (χ0v) is 12.4. The van der Waals surface area contributed by atoms with Crippen LogP contribution >= 0.6 is 0 Å². The van der Waals surface area contributed by atoms with E-state index in [2.05, 4.69) is 80.5 Å². The van der Waals surface area contributed by atoms with Gasteiger partial charge in [0.25, 0.3) is 0 Å². The molecule has 0 unspecified atom stereocenters. The Hall–Kier alpha value is -2.29. The molecule has 0 N–H and O–H groups in total. The first kappa shape index (κ1) is 12.7. The Labute approximate surface area is 119 Å². The van der Waals surface area contributed by atoms with Gasteiger partial charge in [0, 0.05) is 50.3 Å². The molecule has 102 valence electrons. The third-order valence-corrected chi connectivity index (χ3v) is 3.61. The summed E-state index contributed by atoms with van der Waals surface area (Å²) in [6.07, 6.45) is 0. The van der Waals surface area contributed by atoms with Gasteiger partial charge in [-0.2, -0.15) is 0 Å². The average molecular weight is 265 g/mol. The summed E-state index contributed by atoms with van der Waals surface area (Å²) in [4.78, 5) is 9.02. The monoisotopic (exact) mass is 265 g/mol. The Bertz CT molecular complexity index is 776. The summed E-state index contributed by atoms with van der Waals surface area (Å²) in [6.45, 7) is 0. The van der Waals surface area contributed by atoms with Crippen LogP contribution in [0.25, 0.3) is 21.8 Å². The quantitative estimate of drug-likeness (QED) is 0.661. The van der Waals surface area contributed by atoms with Crippen LogP contribution in [-0.2, 0) is 0 Å². The number of rotatable bonds is 2. The number of pyridine rings is 1. The molecule has 0 bridgehead atoms. The summed E-state index contributed by atoms with van der Waals surface area (Å²) < 4.78 is 0. The van der Waals surface area contributed by atoms with Crippen molar-refractivity contribution < 1.29 is 0 Å². The van der Waals surface area contributed by atoms with Crippen molar-refractivity contribution in [2.75, 3.05) is 38.0 Å². The molecule has 2 aromatic carbocycles. The lowest BCUT2D eigenvalue weighted by Gasteiger charge is -2.16. The molecule has 1 heterocycles. The van der Waals surface area contributed by atoms with Crippen LogP contribution in [0.5, 0.6) is 0 Å². The zero-order valence-electron chi connectivity index (χ0n) is 12.4. The van der Waals surface area contributed by atoms with Crippen molar-refractivity contribution in [1.29, 1.82) is 0 Å². The Morgan fingerprint density at radius 2 is 1.60 bits per heavy atom. The van der Waals surface area contributed by atoms with Crippen molar-refractivity contribution in [2.45, 2.75) is 0 Å². The largest absolute Gasteiger partial charge is 0.378 e. The topological polar surface area (TPSA) is 19.4 Å². The maximum atomic E-state index is 4.78. The van der Waals surface area contributed by atoms with E-state index < -0.39 is 0 Å². The average Bonchev–Trinajstić information content (AvgIpc) is 2.43. The van der Waals surface area contributed by atoms with E-state index in [4.69, 9.17) is 4.98 Å². The SMILES string of the molecule is CN(C)c1ccc2nc3cccc(N(C)C)c3cc2c1. The first-order valence-corrected chi connectivity index (χ1v) is 6.74. The normalized spacial score (nSPS) is 11.0. The first-order chi connectivity index (χ1) is 9.56. The predicted molar refractivity (Wildman–Crippen MR) is 87.9 cm³/mol. The third kappa shape index (κ3) is 2.05. The number of hydrogen-bond acceptors (Lipinski definition) is 3. The minimum absolute atomic E-state index is 1.04. The second kappa shape index (κ2) is 4.67. The van der Waals surface area contributed by atoms with Crippen molar-refractivity contribution in [3.05, 3.63) is 42.5 Å². The Morgan fingerprint density at radius 3 is 2.30 bits per heavy atom. The van der Waals surface area contributed by atoms with Crippen LogP contribution in [0.4, 0.5) is 11.4 Å². The van der Waals surface area contributed by atoms with Crippen LogP contribution < -0.4 is 9.80 Å². The van der Waals surface area contributed by atoms with E-state index in [1.54, 1.807) is 0 Å². The van der Waals surface area contributed by atoms with Gasteiger partial charge < -0.3 is 9.80 Å². The number of benzene rings is 2. The van der Waals surface area contributed by atoms with Crippen LogP contribution in [0.15, 0.2) is 42.5 Å². The fraction of sp³-hybridized carbons (Fsp3) is 0.235. The second-order valence-corrected chi connectivity index (χ2v) is 5.50. The van der Waals surface area contributed by atoms with E-state index in [-0.39, 0.29) is 0 Å². The molecule has 0 aliphatic carbocycles. The van der Waals surface area contributed by atoms with Gasteiger partial charge in [-0.3, -0.25) is 0 Å². The number of aromatic nitrogens is 1. The number of hydrogen-bond donors (Lipinski definition) is 0. The molecule has 1 aromatic heterocycles. The van der Waals surface area contributed by atoms with Crippen LogP contribution in [-0.4, -0.2) is 33.2 Å². The van der Waals surface area contributed by atoms with E-state index >= 15 is 0 Å². The van der Waals surface area contributed by atoms with Crippen molar-refractivity contribution in [3.8, 4) is 0 Å². The number of nitrogens with zero attached hydrogens (tertiary/aromatic N) is 3. The summed E-state index contributed by atoms with van der Waals surface area (Å²) >= 11 is 0. The lowest BCUT2D eigenvalue weighted by Crippen LogP contribution is -2.09. The second-order valence-electron chi connectivity index (χ2n) is 5.50. The fourth-order valence-corrected chi connectivity index (χ4v) is 2.50. The summed E-state index contributed by atoms with van der Waals surface area (Å²) in [6, 6.07) is 14.9. The van der Waals surface area contributed by atoms with Gasteiger partial charge in [0.15, 0.2) is 0 Å². The summed E-state index contributed by atoms with van der Waals surface area (Å²) in [5, 5.41) is 2.37. The third-order valence-electron chi connectivity index (χ3n) is 3.61. The van der Waals surface area contributed by atoms with E-state index in [9.17, 15) is 0 Å². The van der Waals surface area contributed by atoms with Crippen molar-refractivity contribution >= 4 is 33.2 Å². The first-order valence-electron chi connectivity index (χ1n) is 6.74. The highest BCUT2D eigenvalue weighted by molar-refractivity contribution is 6.00. The molecule has 20 heavy (non-hydrogen) atoms. The van der Waals surface area contributed by atoms with E-state index in [0.29, 0.717) is 0 Å². The number of anilines is 2. The molecule has 3 nitrogen and oxygen atoms in total. The van der Waals surface area contributed by atoms with Crippen LogP contribution in [0.3, 0.4) is 0 Å². The molecule has 3 rings (SSSR count). The van der Waals surface area contributed by atoms with Crippen LogP contribution in [0.2, 0.25) is 0 Å². The van der Waals surface area contributed by atoms with Gasteiger partial charge in [-0.25, -0.2) is 4.98 Å². The van der Waals surface area contributed by atoms with Gasteiger partial charge in [-0.15, -0.1) is 0 Å². The lowest BCUT2D eigenvalue weighted by molar-refractivity contribution is 1.13. The highest BCUT2D eigenvalue weighted by atomic mass is 15.1. The molecule has 0 radical (unpaired) electrons. The van der Waals surface area contributed by atoms with Gasteiger partial charge in [-0.1, -0.05) is 6.07 Å². The Morgan fingerprint density at radius 1 is 0.800 bits per heavy atom. The van der Waals surface area contributed by atoms with Crippen molar-refractivity contribution in [1.82, 2.24) is 4.98 Å². The van der Waals surface area contributed by atoms with E-state index in [1.165, 1.54) is 22.1 Å². The minimum atomic E-state index is 1.04. The summed E-state index contributed by atoms with van der Waals surface area (Å²) in [5.74, 6) is 0. The Kier molecular flexibility index (Phi) is 2.97. The van der Waals surface area contributed by atoms with E-state index in [1.807, 2.05) is 0 Å². The summed E-state index contributed by atoms with van der Waals surface area (Å²) in [7, 11) is 8.24. The van der Waals surface area contributed by atoms with Gasteiger partial charge >= 0.3 is 0 Å². The smallest absolute Gasteiger partial charge is 0.0730 e. The highest BCUT2D eigenvalue weighted by Gasteiger charge is 2.07. The van der Waals surface area contributed by atoms with Gasteiger partial charge in [0.2, 0.25) is 0 Å². The predicted octanol–water partition coefficient (Wildman–Crippen LogP) is 3.52. The van der Waals surface area contributed by atoms with Crippen molar-refractivity contribution in [2.24, 2.45) is 0 Å². The maximum absolute atomic E-state index is 4.78. The highest BCUT2D eigenvalue weighted by Crippen LogP contribution is 2.29. The molecule has 0 aliphatic rings. The molecule has 0 aliphatic heterocycles. The zero-order chi connectivity index (χ0) is 14.3. The lowest BCUT2D eigenvalue weighted by atomic mass is 10.1. The van der Waals surface area contributed by atoms with Gasteiger partial charge in [-0.05, 0) is 36.4 Å². The van der Waals surface area contributed by atoms with E-state index in [0.717, 1.165) is 11.0 Å². The molecule has 3 heteroatoms. The van der Waals surface area contributed by atoms with Crippen molar-refractivity contribution in [3.63, 3.8) is 0 Å². The number of fused-ring (bicyclic) bond motifs is 2. The van der Waals surface area contributed by atoms with Crippen LogP contribution in [0.1, 0.15) is 0 Å². The molecule has 0 atom stereocenters. The molecular weight excluding hydrogens is 246 g/mol. The van der Waals surface area contributed by atoms with Gasteiger partial charge in [0.05, 0.1) is 11.0 Å². The standard InChI is InChI=1S/C17H19N3/c1-19(2)13-8-9-15-12(10-13)11-14-16(18-15)6-5-7-17(14)20(3)4/h5-11H,1-4H3. The van der Waals surface area contributed by atoms with Gasteiger partial charge in [0.1, 0.15) is 0 Å². The molecule has 3 aromatic rings. The van der Waals surface area contributed by atoms with Crippen LogP contribution in [0, 0.1) is 0 Å². The minimum Gasteiger partial charge on any atom is -0.378 e. The maximum Gasteiger partial charge on any atom is 0.0730 e. The Balaban J connectivity index is 2.33. The fourth-order valence-electron chi connectivity index (χ4n) is 2.50. The summed E-state index contributed by atoms with van der Waals surface area (Å²) in [5.41, 5.74) is 4.48. The molecule has 0 spiro atoms. The molecular formula is C17H19N3. The molecule has 0 saturated carbocycles. The molecule has 0 fully saturated rings. The molecule has 0 amide bonds.